The van der Waals surface area contributed by atoms with E-state index in [2.05, 4.69) is 9.88 Å². The van der Waals surface area contributed by atoms with Crippen molar-refractivity contribution >= 4 is 29.0 Å². The number of aromatic nitrogens is 1. The molecule has 1 aromatic rings. The van der Waals surface area contributed by atoms with Crippen LogP contribution in [0.5, 0.6) is 0 Å². The second-order valence-electron chi connectivity index (χ2n) is 4.67. The molecule has 1 amide bonds. The summed E-state index contributed by atoms with van der Waals surface area (Å²) in [5, 5.41) is 0.573. The lowest BCUT2D eigenvalue weighted by Crippen LogP contribution is -2.35. The lowest BCUT2D eigenvalue weighted by Gasteiger charge is -2.32. The summed E-state index contributed by atoms with van der Waals surface area (Å²) in [5.41, 5.74) is 11.4. The number of pyridine rings is 1. The molecule has 0 radical (unpaired) electrons. The summed E-state index contributed by atoms with van der Waals surface area (Å²) >= 11 is 6.13. The average molecular weight is 269 g/mol. The highest BCUT2D eigenvalue weighted by molar-refractivity contribution is 6.33. The van der Waals surface area contributed by atoms with E-state index in [0.29, 0.717) is 23.0 Å². The van der Waals surface area contributed by atoms with Crippen molar-refractivity contribution in [1.29, 1.82) is 0 Å². The SMILES string of the molecule is NC(=O)CC1CCN(c2ncc(N)cc2Cl)CC1. The van der Waals surface area contributed by atoms with Crippen LogP contribution in [0.25, 0.3) is 0 Å². The molecule has 0 unspecified atom stereocenters. The van der Waals surface area contributed by atoms with Gasteiger partial charge in [0.25, 0.3) is 0 Å². The minimum Gasteiger partial charge on any atom is -0.397 e. The summed E-state index contributed by atoms with van der Waals surface area (Å²) < 4.78 is 0. The monoisotopic (exact) mass is 268 g/mol. The second kappa shape index (κ2) is 5.44. The molecule has 4 N–H and O–H groups in total. The highest BCUT2D eigenvalue weighted by Gasteiger charge is 2.22. The lowest BCUT2D eigenvalue weighted by molar-refractivity contribution is -0.119. The number of nitrogens with two attached hydrogens (primary N) is 2. The second-order valence-corrected chi connectivity index (χ2v) is 5.08. The minimum atomic E-state index is -0.225. The smallest absolute Gasteiger partial charge is 0.217 e. The number of hydrogen-bond donors (Lipinski definition) is 2. The molecule has 1 aromatic heterocycles. The van der Waals surface area contributed by atoms with Gasteiger partial charge in [0, 0.05) is 19.5 Å². The Kier molecular flexibility index (Phi) is 3.91. The van der Waals surface area contributed by atoms with Gasteiger partial charge in [0.1, 0.15) is 5.82 Å². The largest absolute Gasteiger partial charge is 0.397 e. The molecule has 0 bridgehead atoms. The van der Waals surface area contributed by atoms with Gasteiger partial charge in [-0.2, -0.15) is 0 Å². The maximum Gasteiger partial charge on any atom is 0.217 e. The molecular weight excluding hydrogens is 252 g/mol. The van der Waals surface area contributed by atoms with E-state index < -0.39 is 0 Å². The van der Waals surface area contributed by atoms with Crippen molar-refractivity contribution in [1.82, 2.24) is 4.98 Å². The third-order valence-corrected chi connectivity index (χ3v) is 3.52. The third-order valence-electron chi connectivity index (χ3n) is 3.25. The van der Waals surface area contributed by atoms with E-state index in [4.69, 9.17) is 23.1 Å². The minimum absolute atomic E-state index is 0.225. The molecule has 1 aliphatic rings. The van der Waals surface area contributed by atoms with Crippen LogP contribution in [-0.2, 0) is 4.79 Å². The molecule has 0 atom stereocenters. The Bertz CT molecular complexity index is 444. The Balaban J connectivity index is 1.99. The molecule has 2 heterocycles. The van der Waals surface area contributed by atoms with Crippen LogP contribution in [-0.4, -0.2) is 24.0 Å². The van der Waals surface area contributed by atoms with Crippen molar-refractivity contribution in [3.63, 3.8) is 0 Å². The molecule has 0 aliphatic carbocycles. The number of hydrogen-bond acceptors (Lipinski definition) is 4. The number of halogens is 1. The number of rotatable bonds is 3. The number of carbonyl (C=O) groups is 1. The Labute approximate surface area is 111 Å². The van der Waals surface area contributed by atoms with Crippen molar-refractivity contribution in [3.05, 3.63) is 17.3 Å². The summed E-state index contributed by atoms with van der Waals surface area (Å²) in [6, 6.07) is 1.71. The number of primary amides is 1. The fourth-order valence-electron chi connectivity index (χ4n) is 2.31. The molecule has 0 aromatic carbocycles. The first kappa shape index (κ1) is 13.0. The van der Waals surface area contributed by atoms with Crippen LogP contribution in [0.1, 0.15) is 19.3 Å². The summed E-state index contributed by atoms with van der Waals surface area (Å²) in [7, 11) is 0. The first-order valence-electron chi connectivity index (χ1n) is 6.00. The number of anilines is 2. The van der Waals surface area contributed by atoms with E-state index in [1.165, 1.54) is 0 Å². The molecule has 0 saturated carbocycles. The van der Waals surface area contributed by atoms with Crippen LogP contribution in [0.3, 0.4) is 0 Å². The van der Waals surface area contributed by atoms with Gasteiger partial charge in [-0.05, 0) is 24.8 Å². The van der Waals surface area contributed by atoms with E-state index in [0.717, 1.165) is 31.7 Å². The van der Waals surface area contributed by atoms with Crippen LogP contribution in [0.15, 0.2) is 12.3 Å². The molecule has 5 nitrogen and oxygen atoms in total. The highest BCUT2D eigenvalue weighted by atomic mass is 35.5. The number of nitrogen functional groups attached to an aromatic ring is 1. The Morgan fingerprint density at radius 2 is 2.17 bits per heavy atom. The normalized spacial score (nSPS) is 16.8. The standard InChI is InChI=1S/C12H17ClN4O/c13-10-6-9(14)7-16-12(10)17-3-1-8(2-4-17)5-11(15)18/h6-8H,1-5,14H2,(H2,15,18). The zero-order valence-corrected chi connectivity index (χ0v) is 10.9. The maximum absolute atomic E-state index is 10.9. The van der Waals surface area contributed by atoms with Crippen LogP contribution in [0, 0.1) is 5.92 Å². The Hall–Kier alpha value is -1.49. The molecule has 1 aliphatic heterocycles. The number of carbonyl (C=O) groups excluding carboxylic acids is 1. The van der Waals surface area contributed by atoms with Gasteiger partial charge in [0.05, 0.1) is 16.9 Å². The van der Waals surface area contributed by atoms with Gasteiger partial charge in [-0.15, -0.1) is 0 Å². The zero-order chi connectivity index (χ0) is 13.1. The predicted molar refractivity (Wildman–Crippen MR) is 72.4 cm³/mol. The molecule has 1 fully saturated rings. The molecule has 0 spiro atoms. The fourth-order valence-corrected chi connectivity index (χ4v) is 2.61. The van der Waals surface area contributed by atoms with E-state index in [1.807, 2.05) is 0 Å². The van der Waals surface area contributed by atoms with E-state index in [-0.39, 0.29) is 5.91 Å². The van der Waals surface area contributed by atoms with Crippen molar-refractivity contribution in [2.24, 2.45) is 11.7 Å². The van der Waals surface area contributed by atoms with E-state index in [1.54, 1.807) is 12.3 Å². The van der Waals surface area contributed by atoms with Gasteiger partial charge in [-0.25, -0.2) is 4.98 Å². The van der Waals surface area contributed by atoms with Gasteiger partial charge in [-0.1, -0.05) is 11.6 Å². The van der Waals surface area contributed by atoms with E-state index in [9.17, 15) is 4.79 Å². The quantitative estimate of drug-likeness (QED) is 0.868. The van der Waals surface area contributed by atoms with Crippen LogP contribution < -0.4 is 16.4 Å². The van der Waals surface area contributed by atoms with Gasteiger partial charge < -0.3 is 16.4 Å². The van der Waals surface area contributed by atoms with Gasteiger partial charge in [0.15, 0.2) is 0 Å². The van der Waals surface area contributed by atoms with E-state index >= 15 is 0 Å². The molecule has 1 saturated heterocycles. The predicted octanol–water partition coefficient (Wildman–Crippen LogP) is 1.41. The summed E-state index contributed by atoms with van der Waals surface area (Å²) in [6.07, 6.45) is 3.95. The number of piperidine rings is 1. The molecule has 6 heteroatoms. The topological polar surface area (TPSA) is 85.2 Å². The Morgan fingerprint density at radius 1 is 1.50 bits per heavy atom. The van der Waals surface area contributed by atoms with Gasteiger partial charge in [0.2, 0.25) is 5.91 Å². The summed E-state index contributed by atoms with van der Waals surface area (Å²) in [4.78, 5) is 17.3. The van der Waals surface area contributed by atoms with Crippen molar-refractivity contribution in [2.45, 2.75) is 19.3 Å². The van der Waals surface area contributed by atoms with Crippen LogP contribution in [0.2, 0.25) is 5.02 Å². The van der Waals surface area contributed by atoms with Crippen LogP contribution >= 0.6 is 11.6 Å². The Morgan fingerprint density at radius 3 is 2.72 bits per heavy atom. The van der Waals surface area contributed by atoms with Crippen molar-refractivity contribution in [3.8, 4) is 0 Å². The molecule has 98 valence electrons. The van der Waals surface area contributed by atoms with Gasteiger partial charge >= 0.3 is 0 Å². The molecule has 2 rings (SSSR count). The first-order chi connectivity index (χ1) is 8.56. The number of nitrogens with zero attached hydrogens (tertiary/aromatic N) is 2. The van der Waals surface area contributed by atoms with Gasteiger partial charge in [-0.3, -0.25) is 4.79 Å². The first-order valence-corrected chi connectivity index (χ1v) is 6.38. The zero-order valence-electron chi connectivity index (χ0n) is 10.1. The molecular formula is C12H17ClN4O. The highest BCUT2D eigenvalue weighted by Crippen LogP contribution is 2.29. The summed E-state index contributed by atoms with van der Waals surface area (Å²) in [6.45, 7) is 1.68. The maximum atomic E-state index is 10.9. The lowest BCUT2D eigenvalue weighted by atomic mass is 9.93. The van der Waals surface area contributed by atoms with Crippen molar-refractivity contribution in [2.75, 3.05) is 23.7 Å². The third kappa shape index (κ3) is 3.04. The average Bonchev–Trinajstić information content (AvgIpc) is 2.30. The molecule has 18 heavy (non-hydrogen) atoms. The number of amides is 1. The summed E-state index contributed by atoms with van der Waals surface area (Å²) in [5.74, 6) is 0.923. The fraction of sp³-hybridized carbons (Fsp3) is 0.500. The van der Waals surface area contributed by atoms with Crippen LogP contribution in [0.4, 0.5) is 11.5 Å². The van der Waals surface area contributed by atoms with Crippen molar-refractivity contribution < 1.29 is 4.79 Å².